The van der Waals surface area contributed by atoms with Gasteiger partial charge in [-0.15, -0.1) is 0 Å². The number of aliphatic carboxylic acids is 1. The number of benzene rings is 1. The van der Waals surface area contributed by atoms with E-state index in [-0.39, 0.29) is 24.7 Å². The van der Waals surface area contributed by atoms with Crippen molar-refractivity contribution in [2.75, 3.05) is 13.2 Å². The zero-order valence-electron chi connectivity index (χ0n) is 14.9. The molecule has 2 rings (SSSR count). The molecule has 26 heavy (non-hydrogen) atoms. The van der Waals surface area contributed by atoms with Crippen molar-refractivity contribution in [1.29, 1.82) is 0 Å². The lowest BCUT2D eigenvalue weighted by Crippen LogP contribution is -2.29. The van der Waals surface area contributed by atoms with Crippen LogP contribution in [0.15, 0.2) is 28.8 Å². The standard InChI is InChI=1S/C18H23N3O5/c1-3-25-14-6-4-13(5-7-14)18-20-16(26-21-18)9-8-15(22)19-11-12(2)10-17(23)24/h4-7,12H,3,8-11H2,1-2H3,(H,19,22)(H,23,24). The number of nitrogens with zero attached hydrogens (tertiary/aromatic N) is 2. The SMILES string of the molecule is CCOc1ccc(-c2noc(CCC(=O)NCC(C)CC(=O)O)n2)cc1. The van der Waals surface area contributed by atoms with Crippen molar-refractivity contribution in [2.45, 2.75) is 33.1 Å². The molecule has 2 N–H and O–H groups in total. The highest BCUT2D eigenvalue weighted by atomic mass is 16.5. The quantitative estimate of drug-likeness (QED) is 0.667. The largest absolute Gasteiger partial charge is 0.494 e. The maximum Gasteiger partial charge on any atom is 0.303 e. The fourth-order valence-electron chi connectivity index (χ4n) is 2.31. The third-order valence-electron chi connectivity index (χ3n) is 3.63. The molecule has 0 bridgehead atoms. The van der Waals surface area contributed by atoms with E-state index in [0.717, 1.165) is 11.3 Å². The molecule has 1 heterocycles. The first-order chi connectivity index (χ1) is 12.5. The minimum atomic E-state index is -0.876. The van der Waals surface area contributed by atoms with Crippen molar-refractivity contribution in [3.05, 3.63) is 30.2 Å². The number of amides is 1. The highest BCUT2D eigenvalue weighted by Gasteiger charge is 2.12. The van der Waals surface area contributed by atoms with E-state index in [1.54, 1.807) is 6.92 Å². The third-order valence-corrected chi connectivity index (χ3v) is 3.63. The average Bonchev–Trinajstić information content (AvgIpc) is 3.07. The summed E-state index contributed by atoms with van der Waals surface area (Å²) in [5.74, 6) is 0.434. The summed E-state index contributed by atoms with van der Waals surface area (Å²) in [6.45, 7) is 4.62. The summed E-state index contributed by atoms with van der Waals surface area (Å²) in [5.41, 5.74) is 0.801. The van der Waals surface area contributed by atoms with Gasteiger partial charge in [-0.3, -0.25) is 9.59 Å². The van der Waals surface area contributed by atoms with E-state index >= 15 is 0 Å². The monoisotopic (exact) mass is 361 g/mol. The van der Waals surface area contributed by atoms with Crippen LogP contribution in [0.25, 0.3) is 11.4 Å². The van der Waals surface area contributed by atoms with Crippen LogP contribution in [0.1, 0.15) is 32.6 Å². The Morgan fingerprint density at radius 1 is 1.31 bits per heavy atom. The summed E-state index contributed by atoms with van der Waals surface area (Å²) >= 11 is 0. The number of aromatic nitrogens is 2. The normalized spacial score (nSPS) is 11.8. The van der Waals surface area contributed by atoms with E-state index in [2.05, 4.69) is 15.5 Å². The van der Waals surface area contributed by atoms with Gasteiger partial charge in [-0.1, -0.05) is 12.1 Å². The summed E-state index contributed by atoms with van der Waals surface area (Å²) < 4.78 is 10.6. The van der Waals surface area contributed by atoms with Gasteiger partial charge in [0.15, 0.2) is 0 Å². The Balaban J connectivity index is 1.80. The molecule has 1 atom stereocenters. The van der Waals surface area contributed by atoms with Gasteiger partial charge in [0, 0.05) is 31.4 Å². The molecule has 0 aliphatic heterocycles. The molecule has 1 aromatic heterocycles. The third kappa shape index (κ3) is 6.19. The van der Waals surface area contributed by atoms with Crippen molar-refractivity contribution in [2.24, 2.45) is 5.92 Å². The van der Waals surface area contributed by atoms with E-state index in [1.165, 1.54) is 0 Å². The first-order valence-corrected chi connectivity index (χ1v) is 8.52. The summed E-state index contributed by atoms with van der Waals surface area (Å²) in [6.07, 6.45) is 0.545. The lowest BCUT2D eigenvalue weighted by atomic mass is 10.1. The van der Waals surface area contributed by atoms with Crippen molar-refractivity contribution in [3.8, 4) is 17.1 Å². The Morgan fingerprint density at radius 3 is 2.69 bits per heavy atom. The second-order valence-electron chi connectivity index (χ2n) is 5.98. The number of nitrogens with one attached hydrogen (secondary N) is 1. The van der Waals surface area contributed by atoms with Gasteiger partial charge < -0.3 is 19.7 Å². The molecule has 8 heteroatoms. The van der Waals surface area contributed by atoms with Crippen LogP contribution in [-0.2, 0) is 16.0 Å². The topological polar surface area (TPSA) is 115 Å². The molecule has 0 aliphatic carbocycles. The van der Waals surface area contributed by atoms with Gasteiger partial charge in [-0.2, -0.15) is 4.98 Å². The van der Waals surface area contributed by atoms with Crippen LogP contribution in [0, 0.1) is 5.92 Å². The Bertz CT molecular complexity index is 727. The zero-order chi connectivity index (χ0) is 18.9. The van der Waals surface area contributed by atoms with E-state index in [1.807, 2.05) is 31.2 Å². The smallest absolute Gasteiger partial charge is 0.303 e. The van der Waals surface area contributed by atoms with Crippen LogP contribution in [-0.4, -0.2) is 40.3 Å². The number of carbonyl (C=O) groups excluding carboxylic acids is 1. The van der Waals surface area contributed by atoms with Crippen molar-refractivity contribution in [1.82, 2.24) is 15.5 Å². The molecule has 0 spiro atoms. The molecule has 0 fully saturated rings. The molecular formula is C18H23N3O5. The Labute approximate surface area is 151 Å². The molecule has 0 radical (unpaired) electrons. The molecule has 0 saturated carbocycles. The summed E-state index contributed by atoms with van der Waals surface area (Å²) in [5, 5.41) is 15.3. The molecule has 1 aromatic carbocycles. The number of hydrogen-bond donors (Lipinski definition) is 2. The highest BCUT2D eigenvalue weighted by Crippen LogP contribution is 2.20. The van der Waals surface area contributed by atoms with Crippen LogP contribution in [0.5, 0.6) is 5.75 Å². The van der Waals surface area contributed by atoms with Crippen LogP contribution in [0.2, 0.25) is 0 Å². The van der Waals surface area contributed by atoms with Gasteiger partial charge in [0.2, 0.25) is 17.6 Å². The Hall–Kier alpha value is -2.90. The number of carbonyl (C=O) groups is 2. The predicted octanol–water partition coefficient (Wildman–Crippen LogP) is 2.29. The van der Waals surface area contributed by atoms with Crippen molar-refractivity contribution in [3.63, 3.8) is 0 Å². The number of carboxylic acids is 1. The van der Waals surface area contributed by atoms with Gasteiger partial charge in [0.05, 0.1) is 6.61 Å². The number of aryl methyl sites for hydroxylation is 1. The molecule has 1 unspecified atom stereocenters. The molecule has 1 amide bonds. The molecule has 8 nitrogen and oxygen atoms in total. The molecule has 140 valence electrons. The number of hydrogen-bond acceptors (Lipinski definition) is 6. The number of carboxylic acid groups (broad SMARTS) is 1. The van der Waals surface area contributed by atoms with Crippen molar-refractivity contribution >= 4 is 11.9 Å². The number of ether oxygens (including phenoxy) is 1. The Morgan fingerprint density at radius 2 is 2.04 bits per heavy atom. The van der Waals surface area contributed by atoms with Crippen molar-refractivity contribution < 1.29 is 24.0 Å². The van der Waals surface area contributed by atoms with Gasteiger partial charge in [-0.25, -0.2) is 0 Å². The Kier molecular flexibility index (Phi) is 7.13. The van der Waals surface area contributed by atoms with Gasteiger partial charge >= 0.3 is 5.97 Å². The van der Waals surface area contributed by atoms with Crippen LogP contribution in [0.3, 0.4) is 0 Å². The summed E-state index contributed by atoms with van der Waals surface area (Å²) in [6, 6.07) is 7.35. The lowest BCUT2D eigenvalue weighted by molar-refractivity contribution is -0.138. The predicted molar refractivity (Wildman–Crippen MR) is 93.7 cm³/mol. The average molecular weight is 361 g/mol. The first kappa shape index (κ1) is 19.4. The zero-order valence-corrected chi connectivity index (χ0v) is 14.9. The summed E-state index contributed by atoms with van der Waals surface area (Å²) in [4.78, 5) is 26.7. The van der Waals surface area contributed by atoms with E-state index in [4.69, 9.17) is 14.4 Å². The molecule has 0 aliphatic rings. The minimum absolute atomic E-state index is 0.0232. The second-order valence-corrected chi connectivity index (χ2v) is 5.98. The molecule has 2 aromatic rings. The van der Waals surface area contributed by atoms with Crippen LogP contribution in [0.4, 0.5) is 0 Å². The maximum absolute atomic E-state index is 11.8. The van der Waals surface area contributed by atoms with E-state index < -0.39 is 5.97 Å². The molecular weight excluding hydrogens is 338 g/mol. The van der Waals surface area contributed by atoms with Crippen LogP contribution < -0.4 is 10.1 Å². The molecule has 0 saturated heterocycles. The second kappa shape index (κ2) is 9.55. The van der Waals surface area contributed by atoms with Gasteiger partial charge in [-0.05, 0) is 37.1 Å². The fraction of sp³-hybridized carbons (Fsp3) is 0.444. The van der Waals surface area contributed by atoms with E-state index in [9.17, 15) is 9.59 Å². The van der Waals surface area contributed by atoms with Crippen LogP contribution >= 0.6 is 0 Å². The fourth-order valence-corrected chi connectivity index (χ4v) is 2.31. The highest BCUT2D eigenvalue weighted by molar-refractivity contribution is 5.76. The van der Waals surface area contributed by atoms with E-state index in [0.29, 0.717) is 31.3 Å². The lowest BCUT2D eigenvalue weighted by Gasteiger charge is -2.09. The maximum atomic E-state index is 11.8. The van der Waals surface area contributed by atoms with Gasteiger partial charge in [0.1, 0.15) is 5.75 Å². The number of rotatable bonds is 10. The minimum Gasteiger partial charge on any atom is -0.494 e. The first-order valence-electron chi connectivity index (χ1n) is 8.52. The summed E-state index contributed by atoms with van der Waals surface area (Å²) in [7, 11) is 0. The van der Waals surface area contributed by atoms with Gasteiger partial charge in [0.25, 0.3) is 0 Å².